The molecule has 1 N–H and O–H groups in total. The fourth-order valence-electron chi connectivity index (χ4n) is 3.62. The maximum atomic E-state index is 4.81. The van der Waals surface area contributed by atoms with Gasteiger partial charge in [0.1, 0.15) is 5.82 Å². The lowest BCUT2D eigenvalue weighted by molar-refractivity contribution is 0.588. The van der Waals surface area contributed by atoms with E-state index in [9.17, 15) is 0 Å². The molecule has 0 radical (unpaired) electrons. The van der Waals surface area contributed by atoms with Crippen LogP contribution in [0.1, 0.15) is 86.6 Å². The molecule has 0 atom stereocenters. The number of alkyl halides is 2. The normalized spacial score (nSPS) is 12.4. The van der Waals surface area contributed by atoms with Gasteiger partial charge in [-0.2, -0.15) is 5.10 Å². The summed E-state index contributed by atoms with van der Waals surface area (Å²) in [5.41, 5.74) is 8.03. The summed E-state index contributed by atoms with van der Waals surface area (Å²) in [6, 6.07) is 13.6. The van der Waals surface area contributed by atoms with Gasteiger partial charge >= 0.3 is 0 Å². The van der Waals surface area contributed by atoms with Gasteiger partial charge in [-0.05, 0) is 44.2 Å². The van der Waals surface area contributed by atoms with Crippen molar-refractivity contribution in [3.63, 3.8) is 0 Å². The maximum Gasteiger partial charge on any atom is 0.155 e. The second-order valence-electron chi connectivity index (χ2n) is 10.4. The molecule has 3 aromatic rings. The Kier molecular flexibility index (Phi) is 7.47. The highest BCUT2D eigenvalue weighted by Gasteiger charge is 2.17. The summed E-state index contributed by atoms with van der Waals surface area (Å²) in [6.07, 6.45) is 1.49. The van der Waals surface area contributed by atoms with E-state index < -0.39 is 0 Å². The molecule has 0 fully saturated rings. The largest absolute Gasteiger partial charge is 0.263 e. The molecule has 31 heavy (non-hydrogen) atoms. The standard InChI is InChI=1S/C26H33Br2N3/c1-25(2,3)21-9-17(7-19(11-21)15-27)13-23-29-24(31-30-23)14-18-8-20(16-28)12-22(10-18)26(4,5)6/h7-12H,13-16H2,1-6H3,(H,29,30,31). The Hall–Kier alpha value is -1.46. The van der Waals surface area contributed by atoms with E-state index in [1.54, 1.807) is 0 Å². The summed E-state index contributed by atoms with van der Waals surface area (Å²) < 4.78 is 0. The highest BCUT2D eigenvalue weighted by atomic mass is 79.9. The second-order valence-corrected chi connectivity index (χ2v) is 11.5. The van der Waals surface area contributed by atoms with Gasteiger partial charge in [0, 0.05) is 23.5 Å². The van der Waals surface area contributed by atoms with E-state index in [4.69, 9.17) is 4.98 Å². The SMILES string of the molecule is CC(C)(C)c1cc(CBr)cc(Cc2n[nH]c(Cc3cc(CBr)cc(C(C)(C)C)c3)n2)c1. The lowest BCUT2D eigenvalue weighted by atomic mass is 9.85. The van der Waals surface area contributed by atoms with Gasteiger partial charge in [-0.1, -0.05) is 110 Å². The average Bonchev–Trinajstić information content (AvgIpc) is 3.12. The van der Waals surface area contributed by atoms with Crippen molar-refractivity contribution in [1.29, 1.82) is 0 Å². The van der Waals surface area contributed by atoms with Gasteiger partial charge in [-0.15, -0.1) is 0 Å². The van der Waals surface area contributed by atoms with Gasteiger partial charge < -0.3 is 0 Å². The van der Waals surface area contributed by atoms with Crippen molar-refractivity contribution in [1.82, 2.24) is 15.2 Å². The first-order valence-electron chi connectivity index (χ1n) is 10.8. The number of nitrogens with zero attached hydrogens (tertiary/aromatic N) is 2. The smallest absolute Gasteiger partial charge is 0.155 e. The Balaban J connectivity index is 1.82. The van der Waals surface area contributed by atoms with Crippen LogP contribution in [-0.2, 0) is 34.3 Å². The molecular formula is C26H33Br2N3. The van der Waals surface area contributed by atoms with Gasteiger partial charge in [-0.3, -0.25) is 5.10 Å². The number of H-pyrrole nitrogens is 1. The Labute approximate surface area is 203 Å². The van der Waals surface area contributed by atoms with E-state index in [2.05, 4.69) is 120 Å². The summed E-state index contributed by atoms with van der Waals surface area (Å²) in [4.78, 5) is 4.81. The van der Waals surface area contributed by atoms with Crippen LogP contribution in [0.4, 0.5) is 0 Å². The minimum absolute atomic E-state index is 0.113. The first-order chi connectivity index (χ1) is 14.5. The van der Waals surface area contributed by atoms with Crippen molar-refractivity contribution < 1.29 is 0 Å². The molecule has 0 unspecified atom stereocenters. The summed E-state index contributed by atoms with van der Waals surface area (Å²) in [7, 11) is 0. The van der Waals surface area contributed by atoms with E-state index >= 15 is 0 Å². The molecule has 166 valence electrons. The number of rotatable bonds is 6. The molecule has 0 aliphatic carbocycles. The van der Waals surface area contributed by atoms with Gasteiger partial charge in [0.15, 0.2) is 5.82 Å². The van der Waals surface area contributed by atoms with Crippen LogP contribution < -0.4 is 0 Å². The monoisotopic (exact) mass is 545 g/mol. The summed E-state index contributed by atoms with van der Waals surface area (Å²) >= 11 is 7.22. The van der Waals surface area contributed by atoms with Crippen LogP contribution in [-0.4, -0.2) is 15.2 Å². The van der Waals surface area contributed by atoms with E-state index in [0.717, 1.165) is 35.2 Å². The number of aromatic nitrogens is 3. The van der Waals surface area contributed by atoms with Crippen LogP contribution in [0.25, 0.3) is 0 Å². The lowest BCUT2D eigenvalue weighted by Crippen LogP contribution is -2.12. The summed E-state index contributed by atoms with van der Waals surface area (Å²) in [5.74, 6) is 1.75. The molecule has 1 aromatic heterocycles. The van der Waals surface area contributed by atoms with Crippen molar-refractivity contribution >= 4 is 31.9 Å². The molecule has 0 aliphatic rings. The van der Waals surface area contributed by atoms with Crippen molar-refractivity contribution in [3.8, 4) is 0 Å². The lowest BCUT2D eigenvalue weighted by Gasteiger charge is -2.21. The minimum Gasteiger partial charge on any atom is -0.263 e. The predicted molar refractivity (Wildman–Crippen MR) is 138 cm³/mol. The zero-order valence-corrected chi connectivity index (χ0v) is 22.6. The minimum atomic E-state index is 0.113. The van der Waals surface area contributed by atoms with Crippen LogP contribution in [0.15, 0.2) is 36.4 Å². The Morgan fingerprint density at radius 3 is 1.58 bits per heavy atom. The van der Waals surface area contributed by atoms with Crippen LogP contribution in [0.3, 0.4) is 0 Å². The van der Waals surface area contributed by atoms with Crippen molar-refractivity contribution in [3.05, 3.63) is 81.4 Å². The first-order valence-corrected chi connectivity index (χ1v) is 13.0. The molecule has 0 amide bonds. The predicted octanol–water partition coefficient (Wildman–Crippen LogP) is 7.37. The summed E-state index contributed by atoms with van der Waals surface area (Å²) in [5, 5.41) is 9.38. The Morgan fingerprint density at radius 2 is 1.13 bits per heavy atom. The Bertz CT molecular complexity index is 958. The highest BCUT2D eigenvalue weighted by molar-refractivity contribution is 9.08. The average molecular weight is 547 g/mol. The second kappa shape index (κ2) is 9.58. The molecule has 1 heterocycles. The zero-order chi connectivity index (χ0) is 22.8. The third kappa shape index (κ3) is 6.52. The molecule has 3 rings (SSSR count). The molecule has 3 nitrogen and oxygen atoms in total. The summed E-state index contributed by atoms with van der Waals surface area (Å²) in [6.45, 7) is 13.5. The number of aromatic amines is 1. The maximum absolute atomic E-state index is 4.81. The Morgan fingerprint density at radius 1 is 0.677 bits per heavy atom. The molecule has 0 bridgehead atoms. The molecule has 0 spiro atoms. The fraction of sp³-hybridized carbons (Fsp3) is 0.462. The van der Waals surface area contributed by atoms with E-state index in [-0.39, 0.29) is 10.8 Å². The molecule has 2 aromatic carbocycles. The van der Waals surface area contributed by atoms with Crippen molar-refractivity contribution in [2.45, 2.75) is 75.9 Å². The van der Waals surface area contributed by atoms with Crippen LogP contribution in [0.2, 0.25) is 0 Å². The zero-order valence-electron chi connectivity index (χ0n) is 19.4. The van der Waals surface area contributed by atoms with Crippen LogP contribution in [0.5, 0.6) is 0 Å². The molecule has 0 saturated carbocycles. The fourth-order valence-corrected chi connectivity index (χ4v) is 4.27. The van der Waals surface area contributed by atoms with Crippen LogP contribution in [0, 0.1) is 0 Å². The first kappa shape index (κ1) is 24.2. The van der Waals surface area contributed by atoms with E-state index in [1.807, 2.05) is 0 Å². The van der Waals surface area contributed by atoms with Gasteiger partial charge in [0.25, 0.3) is 0 Å². The van der Waals surface area contributed by atoms with Crippen molar-refractivity contribution in [2.75, 3.05) is 0 Å². The van der Waals surface area contributed by atoms with E-state index in [0.29, 0.717) is 0 Å². The number of nitrogens with one attached hydrogen (secondary N) is 1. The number of hydrogen-bond acceptors (Lipinski definition) is 2. The van der Waals surface area contributed by atoms with Gasteiger partial charge in [0.2, 0.25) is 0 Å². The topological polar surface area (TPSA) is 41.6 Å². The molecule has 0 aliphatic heterocycles. The van der Waals surface area contributed by atoms with Crippen molar-refractivity contribution in [2.24, 2.45) is 0 Å². The third-order valence-corrected chi connectivity index (χ3v) is 6.75. The number of benzene rings is 2. The van der Waals surface area contributed by atoms with Gasteiger partial charge in [-0.25, -0.2) is 4.98 Å². The van der Waals surface area contributed by atoms with Crippen LogP contribution >= 0.6 is 31.9 Å². The molecule has 5 heteroatoms. The highest BCUT2D eigenvalue weighted by Crippen LogP contribution is 2.27. The number of halogens is 2. The van der Waals surface area contributed by atoms with Gasteiger partial charge in [0.05, 0.1) is 0 Å². The number of hydrogen-bond donors (Lipinski definition) is 1. The van der Waals surface area contributed by atoms with E-state index in [1.165, 1.54) is 33.4 Å². The molecular weight excluding hydrogens is 514 g/mol. The quantitative estimate of drug-likeness (QED) is 0.328. The third-order valence-electron chi connectivity index (χ3n) is 5.46. The molecule has 0 saturated heterocycles.